The number of hydrogen-bond donors (Lipinski definition) is 1. The molecule has 0 unspecified atom stereocenters. The summed E-state index contributed by atoms with van der Waals surface area (Å²) in [5, 5.41) is 1.27. The van der Waals surface area contributed by atoms with Gasteiger partial charge in [0.15, 0.2) is 0 Å². The Morgan fingerprint density at radius 2 is 1.72 bits per heavy atom. The maximum atomic E-state index is 13.1. The lowest BCUT2D eigenvalue weighted by Gasteiger charge is -2.27. The third kappa shape index (κ3) is 3.07. The van der Waals surface area contributed by atoms with Gasteiger partial charge in [-0.25, -0.2) is 0 Å². The molecule has 144 valence electrons. The first kappa shape index (κ1) is 17.6. The van der Waals surface area contributed by atoms with Gasteiger partial charge in [0, 0.05) is 34.3 Å². The molecule has 0 atom stereocenters. The van der Waals surface area contributed by atoms with E-state index in [1.54, 1.807) is 7.11 Å². The molecule has 0 saturated carbocycles. The Morgan fingerprint density at radius 3 is 2.55 bits per heavy atom. The first-order valence-corrected chi connectivity index (χ1v) is 9.86. The van der Waals surface area contributed by atoms with E-state index in [-0.39, 0.29) is 5.91 Å². The summed E-state index contributed by atoms with van der Waals surface area (Å²) >= 11 is 0. The van der Waals surface area contributed by atoms with Gasteiger partial charge in [-0.15, -0.1) is 0 Å². The van der Waals surface area contributed by atoms with Crippen LogP contribution in [0.25, 0.3) is 22.0 Å². The average molecular weight is 382 g/mol. The summed E-state index contributed by atoms with van der Waals surface area (Å²) in [4.78, 5) is 18.5. The van der Waals surface area contributed by atoms with Crippen LogP contribution in [0.1, 0.15) is 21.6 Å². The van der Waals surface area contributed by atoms with Gasteiger partial charge in [0.2, 0.25) is 0 Å². The number of nitrogens with one attached hydrogen (secondary N) is 1. The molecule has 1 N–H and O–H groups in total. The van der Waals surface area contributed by atoms with Gasteiger partial charge in [0.1, 0.15) is 5.75 Å². The van der Waals surface area contributed by atoms with Gasteiger partial charge in [-0.3, -0.25) is 4.79 Å². The molecule has 0 spiro atoms. The van der Waals surface area contributed by atoms with Crippen LogP contribution in [0.5, 0.6) is 5.75 Å². The van der Waals surface area contributed by atoms with Gasteiger partial charge >= 0.3 is 0 Å². The normalized spacial score (nSPS) is 13.3. The molecule has 5 rings (SSSR count). The van der Waals surface area contributed by atoms with Gasteiger partial charge in [-0.1, -0.05) is 48.5 Å². The van der Waals surface area contributed by atoms with E-state index < -0.39 is 0 Å². The zero-order valence-corrected chi connectivity index (χ0v) is 16.3. The minimum absolute atomic E-state index is 0.0703. The van der Waals surface area contributed by atoms with Crippen LogP contribution in [0.4, 0.5) is 0 Å². The standard InChI is InChI=1S/C25H22N2O2/c1-29-24-9-5-3-6-19(24)17-10-12-18(13-11-17)25(28)27-15-14-21-20-7-2-4-8-22(20)26-23(21)16-27/h2-13,26H,14-16H2,1H3. The fraction of sp³-hybridized carbons (Fsp3) is 0.160. The molecule has 0 saturated heterocycles. The van der Waals surface area contributed by atoms with Crippen LogP contribution in [0.15, 0.2) is 72.8 Å². The van der Waals surface area contributed by atoms with Gasteiger partial charge in [-0.05, 0) is 41.8 Å². The van der Waals surface area contributed by atoms with E-state index in [9.17, 15) is 4.79 Å². The number of methoxy groups -OCH3 is 1. The van der Waals surface area contributed by atoms with E-state index >= 15 is 0 Å². The van der Waals surface area contributed by atoms with Crippen molar-refractivity contribution in [3.05, 3.63) is 89.6 Å². The molecule has 0 aliphatic carbocycles. The molecule has 0 radical (unpaired) electrons. The Kier molecular flexibility index (Phi) is 4.32. The lowest BCUT2D eigenvalue weighted by Crippen LogP contribution is -2.35. The number of H-pyrrole nitrogens is 1. The number of carbonyl (C=O) groups excluding carboxylic acids is 1. The van der Waals surface area contributed by atoms with E-state index in [0.717, 1.165) is 41.1 Å². The van der Waals surface area contributed by atoms with Crippen LogP contribution in [0, 0.1) is 0 Å². The summed E-state index contributed by atoms with van der Waals surface area (Å²) in [6.07, 6.45) is 0.879. The van der Waals surface area contributed by atoms with Crippen LogP contribution in [-0.2, 0) is 13.0 Å². The summed E-state index contributed by atoms with van der Waals surface area (Å²) in [6, 6.07) is 24.1. The highest BCUT2D eigenvalue weighted by molar-refractivity contribution is 5.95. The van der Waals surface area contributed by atoms with Gasteiger partial charge in [-0.2, -0.15) is 0 Å². The van der Waals surface area contributed by atoms with Crippen LogP contribution in [0.3, 0.4) is 0 Å². The number of amides is 1. The number of ether oxygens (including phenoxy) is 1. The zero-order chi connectivity index (χ0) is 19.8. The van der Waals surface area contributed by atoms with Crippen molar-refractivity contribution in [2.45, 2.75) is 13.0 Å². The van der Waals surface area contributed by atoms with E-state index in [1.165, 1.54) is 10.9 Å². The minimum atomic E-state index is 0.0703. The number of rotatable bonds is 3. The van der Waals surface area contributed by atoms with Crippen molar-refractivity contribution < 1.29 is 9.53 Å². The molecule has 2 heterocycles. The molecule has 4 nitrogen and oxygen atoms in total. The molecule has 0 fully saturated rings. The highest BCUT2D eigenvalue weighted by Gasteiger charge is 2.24. The summed E-state index contributed by atoms with van der Waals surface area (Å²) < 4.78 is 5.45. The van der Waals surface area contributed by atoms with Crippen LogP contribution in [-0.4, -0.2) is 29.4 Å². The molecule has 1 aromatic heterocycles. The minimum Gasteiger partial charge on any atom is -0.496 e. The third-order valence-corrected chi connectivity index (χ3v) is 5.72. The molecule has 29 heavy (non-hydrogen) atoms. The van der Waals surface area contributed by atoms with E-state index in [4.69, 9.17) is 4.74 Å². The zero-order valence-electron chi connectivity index (χ0n) is 16.3. The lowest BCUT2D eigenvalue weighted by molar-refractivity contribution is 0.0733. The first-order chi connectivity index (χ1) is 14.2. The highest BCUT2D eigenvalue weighted by Crippen LogP contribution is 2.31. The Bertz CT molecular complexity index is 1190. The second-order valence-electron chi connectivity index (χ2n) is 7.38. The van der Waals surface area contributed by atoms with E-state index in [2.05, 4.69) is 23.2 Å². The summed E-state index contributed by atoms with van der Waals surface area (Å²) in [5.74, 6) is 0.898. The maximum absolute atomic E-state index is 13.1. The molecule has 0 bridgehead atoms. The monoisotopic (exact) mass is 382 g/mol. The third-order valence-electron chi connectivity index (χ3n) is 5.72. The fourth-order valence-corrected chi connectivity index (χ4v) is 4.22. The molecule has 4 heteroatoms. The molecular weight excluding hydrogens is 360 g/mol. The van der Waals surface area contributed by atoms with E-state index in [0.29, 0.717) is 12.1 Å². The Morgan fingerprint density at radius 1 is 0.966 bits per heavy atom. The van der Waals surface area contributed by atoms with Crippen molar-refractivity contribution in [1.29, 1.82) is 0 Å². The number of para-hydroxylation sites is 2. The second-order valence-corrected chi connectivity index (χ2v) is 7.38. The Balaban J connectivity index is 1.38. The molecule has 3 aromatic carbocycles. The van der Waals surface area contributed by atoms with Crippen LogP contribution in [0.2, 0.25) is 0 Å². The van der Waals surface area contributed by atoms with Crippen molar-refractivity contribution >= 4 is 16.8 Å². The van der Waals surface area contributed by atoms with Crippen LogP contribution < -0.4 is 4.74 Å². The number of benzene rings is 3. The first-order valence-electron chi connectivity index (χ1n) is 9.86. The number of fused-ring (bicyclic) bond motifs is 3. The highest BCUT2D eigenvalue weighted by atomic mass is 16.5. The van der Waals surface area contributed by atoms with Gasteiger partial charge in [0.05, 0.1) is 13.7 Å². The summed E-state index contributed by atoms with van der Waals surface area (Å²) in [6.45, 7) is 1.36. The van der Waals surface area contributed by atoms with Gasteiger partial charge in [0.25, 0.3) is 5.91 Å². The maximum Gasteiger partial charge on any atom is 0.254 e. The number of hydrogen-bond acceptors (Lipinski definition) is 2. The topological polar surface area (TPSA) is 45.3 Å². The summed E-state index contributed by atoms with van der Waals surface area (Å²) in [7, 11) is 1.67. The second kappa shape index (κ2) is 7.13. The number of nitrogens with zero attached hydrogens (tertiary/aromatic N) is 1. The Hall–Kier alpha value is -3.53. The number of carbonyl (C=O) groups is 1. The van der Waals surface area contributed by atoms with E-state index in [1.807, 2.05) is 59.5 Å². The van der Waals surface area contributed by atoms with Crippen molar-refractivity contribution in [2.75, 3.05) is 13.7 Å². The molecule has 4 aromatic rings. The predicted molar refractivity (Wildman–Crippen MR) is 115 cm³/mol. The van der Waals surface area contributed by atoms with Crippen molar-refractivity contribution in [3.63, 3.8) is 0 Å². The molecular formula is C25H22N2O2. The quantitative estimate of drug-likeness (QED) is 0.539. The average Bonchev–Trinajstić information content (AvgIpc) is 3.16. The lowest BCUT2D eigenvalue weighted by atomic mass is 10.0. The predicted octanol–water partition coefficient (Wildman–Crippen LogP) is 5.04. The number of aromatic nitrogens is 1. The smallest absolute Gasteiger partial charge is 0.254 e. The Labute approximate surface area is 169 Å². The SMILES string of the molecule is COc1ccccc1-c1ccc(C(=O)N2CCc3c([nH]c4ccccc34)C2)cc1. The van der Waals surface area contributed by atoms with Gasteiger partial charge < -0.3 is 14.6 Å². The molecule has 1 aliphatic rings. The molecule has 1 amide bonds. The van der Waals surface area contributed by atoms with Crippen molar-refractivity contribution in [1.82, 2.24) is 9.88 Å². The van der Waals surface area contributed by atoms with Crippen LogP contribution >= 0.6 is 0 Å². The number of aromatic amines is 1. The van der Waals surface area contributed by atoms with Crippen molar-refractivity contribution in [3.8, 4) is 16.9 Å². The fourth-order valence-electron chi connectivity index (χ4n) is 4.22. The molecule has 1 aliphatic heterocycles. The summed E-state index contributed by atoms with van der Waals surface area (Å²) in [5.41, 5.74) is 6.41. The van der Waals surface area contributed by atoms with Crippen molar-refractivity contribution in [2.24, 2.45) is 0 Å². The largest absolute Gasteiger partial charge is 0.496 e.